The summed E-state index contributed by atoms with van der Waals surface area (Å²) in [5.74, 6) is -0.778. The Morgan fingerprint density at radius 1 is 1.26 bits per heavy atom. The van der Waals surface area contributed by atoms with Crippen LogP contribution < -0.4 is 0 Å². The number of benzene rings is 1. The molecule has 4 nitrogen and oxygen atoms in total. The van der Waals surface area contributed by atoms with Gasteiger partial charge in [-0.15, -0.1) is 0 Å². The Labute approximate surface area is 113 Å². The van der Waals surface area contributed by atoms with Gasteiger partial charge in [-0.2, -0.15) is 0 Å². The Balaban J connectivity index is 1.94. The summed E-state index contributed by atoms with van der Waals surface area (Å²) in [6.45, 7) is 0.665. The summed E-state index contributed by atoms with van der Waals surface area (Å²) in [5, 5.41) is 8.61. The number of carbonyl (C=O) groups excluding carboxylic acids is 1. The molecule has 0 saturated heterocycles. The third-order valence-electron chi connectivity index (χ3n) is 3.54. The zero-order chi connectivity index (χ0) is 13.8. The average Bonchev–Trinajstić information content (AvgIpc) is 2.83. The minimum atomic E-state index is -0.836. The van der Waals surface area contributed by atoms with Crippen molar-refractivity contribution in [2.24, 2.45) is 0 Å². The molecular formula is C15H19NO3. The van der Waals surface area contributed by atoms with E-state index in [1.54, 1.807) is 11.9 Å². The number of aliphatic carboxylic acids is 1. The van der Waals surface area contributed by atoms with Crippen LogP contribution in [-0.4, -0.2) is 41.9 Å². The van der Waals surface area contributed by atoms with E-state index in [1.807, 2.05) is 18.2 Å². The van der Waals surface area contributed by atoms with E-state index >= 15 is 0 Å². The van der Waals surface area contributed by atoms with Crippen LogP contribution in [0, 0.1) is 0 Å². The second-order valence-corrected chi connectivity index (χ2v) is 5.14. The highest BCUT2D eigenvalue weighted by atomic mass is 16.4. The maximum Gasteiger partial charge on any atom is 0.304 e. The fourth-order valence-electron chi connectivity index (χ4n) is 2.45. The molecule has 4 heteroatoms. The van der Waals surface area contributed by atoms with Crippen molar-refractivity contribution in [3.63, 3.8) is 0 Å². The van der Waals surface area contributed by atoms with E-state index in [4.69, 9.17) is 5.11 Å². The molecule has 0 saturated carbocycles. The minimum Gasteiger partial charge on any atom is -0.481 e. The predicted octanol–water partition coefficient (Wildman–Crippen LogP) is 1.76. The highest BCUT2D eigenvalue weighted by molar-refractivity contribution is 5.97. The number of likely N-dealkylation sites (N-methyl/N-ethyl adjacent to an activating group) is 1. The van der Waals surface area contributed by atoms with Gasteiger partial charge in [0.15, 0.2) is 5.78 Å². The van der Waals surface area contributed by atoms with Crippen molar-refractivity contribution in [3.8, 4) is 0 Å². The van der Waals surface area contributed by atoms with Gasteiger partial charge in [0.25, 0.3) is 0 Å². The van der Waals surface area contributed by atoms with Crippen LogP contribution >= 0.6 is 0 Å². The van der Waals surface area contributed by atoms with Crippen molar-refractivity contribution in [2.75, 3.05) is 20.1 Å². The summed E-state index contributed by atoms with van der Waals surface area (Å²) >= 11 is 0. The molecule has 0 bridgehead atoms. The quantitative estimate of drug-likeness (QED) is 0.793. The molecule has 102 valence electrons. The fourth-order valence-corrected chi connectivity index (χ4v) is 2.45. The van der Waals surface area contributed by atoms with Gasteiger partial charge >= 0.3 is 5.97 Å². The maximum atomic E-state index is 12.1. The lowest BCUT2D eigenvalue weighted by molar-refractivity contribution is -0.137. The van der Waals surface area contributed by atoms with E-state index < -0.39 is 5.97 Å². The molecule has 19 heavy (non-hydrogen) atoms. The number of fused-ring (bicyclic) bond motifs is 1. The van der Waals surface area contributed by atoms with Crippen LogP contribution in [0.25, 0.3) is 0 Å². The molecule has 0 atom stereocenters. The summed E-state index contributed by atoms with van der Waals surface area (Å²) in [4.78, 5) is 24.3. The van der Waals surface area contributed by atoms with E-state index in [0.29, 0.717) is 6.54 Å². The minimum absolute atomic E-state index is 0.0580. The first-order chi connectivity index (χ1) is 9.06. The van der Waals surface area contributed by atoms with Crippen LogP contribution in [0.5, 0.6) is 0 Å². The van der Waals surface area contributed by atoms with Gasteiger partial charge in [-0.05, 0) is 43.5 Å². The van der Waals surface area contributed by atoms with Crippen LogP contribution in [0.2, 0.25) is 0 Å². The maximum absolute atomic E-state index is 12.1. The number of aryl methyl sites for hydroxylation is 2. The third-order valence-corrected chi connectivity index (χ3v) is 3.54. The zero-order valence-electron chi connectivity index (χ0n) is 11.2. The van der Waals surface area contributed by atoms with Crippen molar-refractivity contribution in [1.82, 2.24) is 4.90 Å². The van der Waals surface area contributed by atoms with Crippen molar-refractivity contribution in [2.45, 2.75) is 25.7 Å². The van der Waals surface area contributed by atoms with Crippen LogP contribution in [0.3, 0.4) is 0 Å². The number of carboxylic acids is 1. The van der Waals surface area contributed by atoms with E-state index in [2.05, 4.69) is 0 Å². The third kappa shape index (κ3) is 3.64. The molecule has 1 aliphatic carbocycles. The van der Waals surface area contributed by atoms with Crippen LogP contribution in [0.15, 0.2) is 18.2 Å². The predicted molar refractivity (Wildman–Crippen MR) is 72.5 cm³/mol. The van der Waals surface area contributed by atoms with Gasteiger partial charge in [0, 0.05) is 12.1 Å². The number of nitrogens with zero attached hydrogens (tertiary/aromatic N) is 1. The summed E-state index contributed by atoms with van der Waals surface area (Å²) in [7, 11) is 1.77. The van der Waals surface area contributed by atoms with Gasteiger partial charge in [-0.1, -0.05) is 12.1 Å². The van der Waals surface area contributed by atoms with Crippen molar-refractivity contribution in [3.05, 3.63) is 34.9 Å². The van der Waals surface area contributed by atoms with E-state index in [0.717, 1.165) is 18.4 Å². The first-order valence-corrected chi connectivity index (χ1v) is 6.61. The Morgan fingerprint density at radius 2 is 2.00 bits per heavy atom. The summed E-state index contributed by atoms with van der Waals surface area (Å²) in [6, 6.07) is 5.93. The van der Waals surface area contributed by atoms with Gasteiger partial charge < -0.3 is 5.11 Å². The van der Waals surface area contributed by atoms with Gasteiger partial charge in [0.05, 0.1) is 13.0 Å². The van der Waals surface area contributed by atoms with Gasteiger partial charge in [0.2, 0.25) is 0 Å². The number of rotatable bonds is 6. The molecule has 0 heterocycles. The number of carboxylic acid groups (broad SMARTS) is 1. The van der Waals surface area contributed by atoms with Gasteiger partial charge in [-0.25, -0.2) is 0 Å². The lowest BCUT2D eigenvalue weighted by Crippen LogP contribution is -2.28. The lowest BCUT2D eigenvalue weighted by Gasteiger charge is -2.14. The fraction of sp³-hybridized carbons (Fsp3) is 0.467. The first-order valence-electron chi connectivity index (χ1n) is 6.61. The standard InChI is InChI=1S/C15H19NO3/c1-16(8-7-15(18)19)10-14(17)13-6-5-11-3-2-4-12(11)9-13/h5-6,9H,2-4,7-8,10H2,1H3,(H,18,19). The molecule has 1 aromatic rings. The molecule has 0 unspecified atom stereocenters. The molecule has 0 aliphatic heterocycles. The van der Waals surface area contributed by atoms with Crippen molar-refractivity contribution >= 4 is 11.8 Å². The van der Waals surface area contributed by atoms with Gasteiger partial charge in [-0.3, -0.25) is 14.5 Å². The average molecular weight is 261 g/mol. The molecule has 0 amide bonds. The van der Waals surface area contributed by atoms with Crippen molar-refractivity contribution < 1.29 is 14.7 Å². The molecule has 2 rings (SSSR count). The summed E-state index contributed by atoms with van der Waals surface area (Å²) in [6.07, 6.45) is 3.41. The number of carbonyl (C=O) groups is 2. The lowest BCUT2D eigenvalue weighted by atomic mass is 10.0. The van der Waals surface area contributed by atoms with E-state index in [9.17, 15) is 9.59 Å². The van der Waals surface area contributed by atoms with Crippen LogP contribution in [0.1, 0.15) is 34.3 Å². The zero-order valence-corrected chi connectivity index (χ0v) is 11.2. The molecule has 0 aromatic heterocycles. The first kappa shape index (κ1) is 13.7. The summed E-state index contributed by atoms with van der Waals surface area (Å²) in [5.41, 5.74) is 3.39. The molecule has 1 aromatic carbocycles. The molecule has 0 radical (unpaired) electrons. The van der Waals surface area contributed by atoms with Gasteiger partial charge in [0.1, 0.15) is 0 Å². The molecule has 0 fully saturated rings. The van der Waals surface area contributed by atoms with Crippen LogP contribution in [0.4, 0.5) is 0 Å². The molecule has 0 spiro atoms. The second kappa shape index (κ2) is 5.97. The molecular weight excluding hydrogens is 242 g/mol. The number of hydrogen-bond acceptors (Lipinski definition) is 3. The van der Waals surface area contributed by atoms with E-state index in [-0.39, 0.29) is 18.7 Å². The Kier molecular flexibility index (Phi) is 4.32. The number of ketones is 1. The highest BCUT2D eigenvalue weighted by Crippen LogP contribution is 2.23. The Morgan fingerprint density at radius 3 is 2.74 bits per heavy atom. The van der Waals surface area contributed by atoms with Crippen molar-refractivity contribution in [1.29, 1.82) is 0 Å². The topological polar surface area (TPSA) is 57.6 Å². The Bertz CT molecular complexity index is 496. The summed E-state index contributed by atoms with van der Waals surface area (Å²) < 4.78 is 0. The van der Waals surface area contributed by atoms with Crippen LogP contribution in [-0.2, 0) is 17.6 Å². The normalized spacial score (nSPS) is 13.6. The number of hydrogen-bond donors (Lipinski definition) is 1. The monoisotopic (exact) mass is 261 g/mol. The molecule has 1 aliphatic rings. The number of Topliss-reactive ketones (excluding diaryl/α,β-unsaturated/α-hetero) is 1. The largest absolute Gasteiger partial charge is 0.481 e. The smallest absolute Gasteiger partial charge is 0.304 e. The second-order valence-electron chi connectivity index (χ2n) is 5.14. The van der Waals surface area contributed by atoms with E-state index in [1.165, 1.54) is 17.5 Å². The molecule has 1 N–H and O–H groups in total. The SMILES string of the molecule is CN(CCC(=O)O)CC(=O)c1ccc2c(c1)CCC2. The Hall–Kier alpha value is -1.68. The highest BCUT2D eigenvalue weighted by Gasteiger charge is 2.15.